The van der Waals surface area contributed by atoms with Crippen LogP contribution in [-0.2, 0) is 4.74 Å². The van der Waals surface area contributed by atoms with Crippen LogP contribution in [0.25, 0.3) is 0 Å². The monoisotopic (exact) mass is 345 g/mol. The van der Waals surface area contributed by atoms with Crippen LogP contribution in [0.3, 0.4) is 0 Å². The molecule has 1 saturated carbocycles. The Morgan fingerprint density at radius 1 is 1.25 bits per heavy atom. The quantitative estimate of drug-likeness (QED) is 0.862. The van der Waals surface area contributed by atoms with Gasteiger partial charge in [-0.3, -0.25) is 0 Å². The second-order valence-electron chi connectivity index (χ2n) is 5.79. The molecule has 1 saturated heterocycles. The van der Waals surface area contributed by atoms with E-state index >= 15 is 0 Å². The van der Waals surface area contributed by atoms with Crippen LogP contribution < -0.4 is 5.32 Å². The van der Waals surface area contributed by atoms with Crippen molar-refractivity contribution in [1.29, 1.82) is 0 Å². The molecule has 0 aromatic heterocycles. The van der Waals surface area contributed by atoms with Gasteiger partial charge in [-0.05, 0) is 47.7 Å². The van der Waals surface area contributed by atoms with Gasteiger partial charge in [-0.2, -0.15) is 0 Å². The number of nitrogens with one attached hydrogen (secondary N) is 1. The van der Waals surface area contributed by atoms with E-state index in [4.69, 9.17) is 4.74 Å². The summed E-state index contributed by atoms with van der Waals surface area (Å²) in [6, 6.07) is 2.15. The Morgan fingerprint density at radius 2 is 2.00 bits per heavy atom. The lowest BCUT2D eigenvalue weighted by Gasteiger charge is -2.24. The van der Waals surface area contributed by atoms with E-state index in [0.717, 1.165) is 31.7 Å². The lowest BCUT2D eigenvalue weighted by molar-refractivity contribution is -0.0307. The van der Waals surface area contributed by atoms with Crippen LogP contribution in [0.4, 0.5) is 14.5 Å². The third-order valence-corrected chi connectivity index (χ3v) is 4.99. The van der Waals surface area contributed by atoms with Gasteiger partial charge in [-0.15, -0.1) is 0 Å². The molecule has 110 valence electrons. The highest BCUT2D eigenvalue weighted by Crippen LogP contribution is 2.43. The zero-order valence-corrected chi connectivity index (χ0v) is 12.8. The van der Waals surface area contributed by atoms with Gasteiger partial charge < -0.3 is 10.1 Å². The highest BCUT2D eigenvalue weighted by Gasteiger charge is 2.41. The fraction of sp³-hybridized carbons (Fsp3) is 0.600. The maximum Gasteiger partial charge on any atom is 0.150 e. The van der Waals surface area contributed by atoms with Crippen molar-refractivity contribution >= 4 is 21.6 Å². The van der Waals surface area contributed by atoms with Gasteiger partial charge in [0.2, 0.25) is 0 Å². The molecule has 0 amide bonds. The molecule has 2 nitrogen and oxygen atoms in total. The average Bonchev–Trinajstić information content (AvgIpc) is 2.99. The van der Waals surface area contributed by atoms with Gasteiger partial charge in [0.1, 0.15) is 11.6 Å². The van der Waals surface area contributed by atoms with Crippen LogP contribution in [-0.4, -0.2) is 18.2 Å². The minimum atomic E-state index is -0.582. The Bertz CT molecular complexity index is 480. The highest BCUT2D eigenvalue weighted by atomic mass is 79.9. The minimum absolute atomic E-state index is 0.0882. The van der Waals surface area contributed by atoms with Crippen LogP contribution in [0.1, 0.15) is 38.5 Å². The molecule has 1 aromatic carbocycles. The second kappa shape index (κ2) is 5.60. The molecule has 1 N–H and O–H groups in total. The fourth-order valence-electron chi connectivity index (χ4n) is 3.35. The molecular formula is C15H18BrF2NO. The first-order chi connectivity index (χ1) is 9.58. The van der Waals surface area contributed by atoms with Crippen molar-refractivity contribution in [3.05, 3.63) is 28.2 Å². The Hall–Kier alpha value is -0.680. The molecule has 1 aliphatic heterocycles. The van der Waals surface area contributed by atoms with E-state index in [1.165, 1.54) is 18.9 Å². The Balaban J connectivity index is 1.61. The van der Waals surface area contributed by atoms with Gasteiger partial charge in [0.05, 0.1) is 17.4 Å². The fourth-order valence-corrected chi connectivity index (χ4v) is 3.90. The number of hydrogen-bond acceptors (Lipinski definition) is 2. The first-order valence-corrected chi connectivity index (χ1v) is 7.94. The molecular weight excluding hydrogens is 328 g/mol. The predicted molar refractivity (Wildman–Crippen MR) is 77.9 cm³/mol. The number of halogens is 3. The number of ether oxygens (including phenoxy) is 1. The molecule has 2 aliphatic rings. The molecule has 1 atom stereocenters. The van der Waals surface area contributed by atoms with E-state index < -0.39 is 11.6 Å². The SMILES string of the molecule is Fc1cc(F)c(NCC2CCC3(CCCC3)O2)c(Br)c1. The van der Waals surface area contributed by atoms with Gasteiger partial charge in [-0.1, -0.05) is 12.8 Å². The molecule has 1 aromatic rings. The summed E-state index contributed by atoms with van der Waals surface area (Å²) in [6.45, 7) is 0.558. The van der Waals surface area contributed by atoms with Crippen molar-refractivity contribution in [2.75, 3.05) is 11.9 Å². The van der Waals surface area contributed by atoms with Crippen LogP contribution in [0.2, 0.25) is 0 Å². The van der Waals surface area contributed by atoms with Crippen molar-refractivity contribution in [2.24, 2.45) is 0 Å². The molecule has 5 heteroatoms. The molecule has 1 heterocycles. The van der Waals surface area contributed by atoms with Crippen molar-refractivity contribution in [1.82, 2.24) is 0 Å². The third kappa shape index (κ3) is 2.84. The van der Waals surface area contributed by atoms with Crippen molar-refractivity contribution in [2.45, 2.75) is 50.2 Å². The summed E-state index contributed by atoms with van der Waals surface area (Å²) in [5.41, 5.74) is 0.396. The molecule has 1 unspecified atom stereocenters. The second-order valence-corrected chi connectivity index (χ2v) is 6.65. The smallest absolute Gasteiger partial charge is 0.150 e. The largest absolute Gasteiger partial charge is 0.379 e. The van der Waals surface area contributed by atoms with Crippen LogP contribution >= 0.6 is 15.9 Å². The van der Waals surface area contributed by atoms with Crippen molar-refractivity contribution in [3.8, 4) is 0 Å². The van der Waals surface area contributed by atoms with E-state index in [1.807, 2.05) is 0 Å². The number of anilines is 1. The molecule has 0 bridgehead atoms. The summed E-state index contributed by atoms with van der Waals surface area (Å²) < 4.78 is 33.3. The number of hydrogen-bond donors (Lipinski definition) is 1. The van der Waals surface area contributed by atoms with E-state index in [-0.39, 0.29) is 11.7 Å². The molecule has 0 radical (unpaired) electrons. The lowest BCUT2D eigenvalue weighted by Crippen LogP contribution is -2.28. The van der Waals surface area contributed by atoms with Crippen molar-refractivity contribution < 1.29 is 13.5 Å². The zero-order valence-electron chi connectivity index (χ0n) is 11.2. The van der Waals surface area contributed by atoms with Gasteiger partial charge >= 0.3 is 0 Å². The molecule has 2 fully saturated rings. The third-order valence-electron chi connectivity index (χ3n) is 4.37. The number of benzene rings is 1. The minimum Gasteiger partial charge on any atom is -0.379 e. The first kappa shape index (κ1) is 14.3. The van der Waals surface area contributed by atoms with Crippen molar-refractivity contribution in [3.63, 3.8) is 0 Å². The summed E-state index contributed by atoms with van der Waals surface area (Å²) in [5.74, 6) is -1.16. The van der Waals surface area contributed by atoms with E-state index in [0.29, 0.717) is 16.7 Å². The Labute approximate surface area is 126 Å². The molecule has 1 spiro atoms. The van der Waals surface area contributed by atoms with E-state index in [9.17, 15) is 8.78 Å². The maximum atomic E-state index is 13.7. The summed E-state index contributed by atoms with van der Waals surface area (Å²) in [7, 11) is 0. The summed E-state index contributed by atoms with van der Waals surface area (Å²) in [4.78, 5) is 0. The Morgan fingerprint density at radius 3 is 2.70 bits per heavy atom. The van der Waals surface area contributed by atoms with Crippen LogP contribution in [0, 0.1) is 11.6 Å². The zero-order chi connectivity index (χ0) is 14.2. The van der Waals surface area contributed by atoms with E-state index in [2.05, 4.69) is 21.2 Å². The molecule has 20 heavy (non-hydrogen) atoms. The standard InChI is InChI=1S/C15H18BrF2NO/c16-12-7-10(17)8-13(18)14(12)19-9-11-3-6-15(20-11)4-1-2-5-15/h7-8,11,19H,1-6,9H2. The van der Waals surface area contributed by atoms with Gasteiger partial charge in [-0.25, -0.2) is 8.78 Å². The summed E-state index contributed by atoms with van der Waals surface area (Å²) in [5, 5.41) is 3.04. The average molecular weight is 346 g/mol. The maximum absolute atomic E-state index is 13.7. The van der Waals surface area contributed by atoms with Gasteiger partial charge in [0.15, 0.2) is 0 Å². The van der Waals surface area contributed by atoms with Crippen LogP contribution in [0.5, 0.6) is 0 Å². The lowest BCUT2D eigenvalue weighted by atomic mass is 9.98. The summed E-state index contributed by atoms with van der Waals surface area (Å²) >= 11 is 3.18. The topological polar surface area (TPSA) is 21.3 Å². The molecule has 3 rings (SSSR count). The normalized spacial score (nSPS) is 24.4. The molecule has 1 aliphatic carbocycles. The van der Waals surface area contributed by atoms with E-state index in [1.54, 1.807) is 0 Å². The van der Waals surface area contributed by atoms with Gasteiger partial charge in [0, 0.05) is 17.1 Å². The van der Waals surface area contributed by atoms with Gasteiger partial charge in [0.25, 0.3) is 0 Å². The van der Waals surface area contributed by atoms with Crippen LogP contribution in [0.15, 0.2) is 16.6 Å². The highest BCUT2D eigenvalue weighted by molar-refractivity contribution is 9.10. The number of rotatable bonds is 3. The first-order valence-electron chi connectivity index (χ1n) is 7.14. The Kier molecular flexibility index (Phi) is 4.00. The predicted octanol–water partition coefficient (Wildman–Crippen LogP) is 4.63. The summed E-state index contributed by atoms with van der Waals surface area (Å²) in [6.07, 6.45) is 7.02.